The van der Waals surface area contributed by atoms with Crippen molar-refractivity contribution in [2.45, 2.75) is 13.5 Å². The second kappa shape index (κ2) is 8.70. The number of amides is 1. The Morgan fingerprint density at radius 2 is 1.93 bits per heavy atom. The molecule has 4 aromatic rings. The van der Waals surface area contributed by atoms with E-state index in [1.54, 1.807) is 25.6 Å². The summed E-state index contributed by atoms with van der Waals surface area (Å²) in [6, 6.07) is 8.78. The zero-order valence-corrected chi connectivity index (χ0v) is 17.1. The first kappa shape index (κ1) is 19.5. The van der Waals surface area contributed by atoms with Crippen LogP contribution in [0.1, 0.15) is 11.5 Å². The van der Waals surface area contributed by atoms with Crippen LogP contribution < -0.4 is 14.8 Å². The molecule has 0 fully saturated rings. The molecule has 0 saturated heterocycles. The van der Waals surface area contributed by atoms with E-state index < -0.39 is 0 Å². The third-order valence-electron chi connectivity index (χ3n) is 4.11. The number of benzene rings is 1. The Balaban J connectivity index is 1.46. The third-order valence-corrected chi connectivity index (χ3v) is 5.21. The summed E-state index contributed by atoms with van der Waals surface area (Å²) >= 11 is 1.34. The molecule has 3 heterocycles. The normalized spacial score (nSPS) is 10.6. The van der Waals surface area contributed by atoms with E-state index in [1.807, 2.05) is 31.2 Å². The summed E-state index contributed by atoms with van der Waals surface area (Å²) in [5.41, 5.74) is 1.48. The SMILES string of the molecule is COc1ccc(OCc2nccc(-c3sc(NC(=O)n4ccnc4)nc3C)n2)cc1. The maximum atomic E-state index is 12.2. The first-order chi connectivity index (χ1) is 14.6. The lowest BCUT2D eigenvalue weighted by Crippen LogP contribution is -2.17. The fourth-order valence-electron chi connectivity index (χ4n) is 2.64. The molecule has 0 spiro atoms. The van der Waals surface area contributed by atoms with Crippen LogP contribution in [0.25, 0.3) is 10.6 Å². The molecule has 9 nitrogen and oxygen atoms in total. The van der Waals surface area contributed by atoms with Crippen molar-refractivity contribution in [1.82, 2.24) is 24.5 Å². The van der Waals surface area contributed by atoms with Crippen LogP contribution in [0.3, 0.4) is 0 Å². The van der Waals surface area contributed by atoms with Crippen molar-refractivity contribution >= 4 is 22.5 Å². The average Bonchev–Trinajstić information content (AvgIpc) is 3.43. The third kappa shape index (κ3) is 4.44. The zero-order valence-electron chi connectivity index (χ0n) is 16.3. The molecule has 0 unspecified atom stereocenters. The van der Waals surface area contributed by atoms with Crippen LogP contribution >= 0.6 is 11.3 Å². The van der Waals surface area contributed by atoms with Gasteiger partial charge in [0, 0.05) is 18.6 Å². The van der Waals surface area contributed by atoms with Gasteiger partial charge >= 0.3 is 6.03 Å². The van der Waals surface area contributed by atoms with E-state index in [9.17, 15) is 4.79 Å². The lowest BCUT2D eigenvalue weighted by molar-refractivity contribution is 0.253. The number of carbonyl (C=O) groups excluding carboxylic acids is 1. The predicted octanol–water partition coefficient (Wildman–Crippen LogP) is 3.77. The van der Waals surface area contributed by atoms with E-state index >= 15 is 0 Å². The Labute approximate surface area is 176 Å². The molecule has 3 aromatic heterocycles. The van der Waals surface area contributed by atoms with Gasteiger partial charge in [-0.15, -0.1) is 0 Å². The topological polar surface area (TPSA) is 104 Å². The van der Waals surface area contributed by atoms with Crippen molar-refractivity contribution in [1.29, 1.82) is 0 Å². The van der Waals surface area contributed by atoms with Gasteiger partial charge < -0.3 is 9.47 Å². The Bertz CT molecular complexity index is 1140. The first-order valence-electron chi connectivity index (χ1n) is 8.98. The Hall–Kier alpha value is -3.79. The summed E-state index contributed by atoms with van der Waals surface area (Å²) in [5, 5.41) is 3.24. The van der Waals surface area contributed by atoms with Crippen molar-refractivity contribution in [3.05, 3.63) is 66.8 Å². The minimum Gasteiger partial charge on any atom is -0.497 e. The molecule has 1 amide bonds. The van der Waals surface area contributed by atoms with E-state index in [0.29, 0.717) is 16.7 Å². The molecule has 1 N–H and O–H groups in total. The summed E-state index contributed by atoms with van der Waals surface area (Å²) < 4.78 is 12.2. The largest absolute Gasteiger partial charge is 0.497 e. The number of aryl methyl sites for hydroxylation is 1. The van der Waals surface area contributed by atoms with Gasteiger partial charge in [0.25, 0.3) is 0 Å². The number of hydrogen-bond donors (Lipinski definition) is 1. The van der Waals surface area contributed by atoms with E-state index in [1.165, 1.54) is 28.4 Å². The fourth-order valence-corrected chi connectivity index (χ4v) is 3.56. The van der Waals surface area contributed by atoms with Crippen LogP contribution in [-0.2, 0) is 6.61 Å². The Morgan fingerprint density at radius 1 is 1.13 bits per heavy atom. The molecular weight excluding hydrogens is 404 g/mol. The van der Waals surface area contributed by atoms with Gasteiger partial charge in [0.15, 0.2) is 11.0 Å². The highest BCUT2D eigenvalue weighted by Crippen LogP contribution is 2.31. The number of ether oxygens (including phenoxy) is 2. The number of aromatic nitrogens is 5. The predicted molar refractivity (Wildman–Crippen MR) is 112 cm³/mol. The smallest absolute Gasteiger partial charge is 0.333 e. The number of methoxy groups -OCH3 is 1. The minimum atomic E-state index is -0.330. The molecule has 10 heteroatoms. The molecule has 1 aromatic carbocycles. The summed E-state index contributed by atoms with van der Waals surface area (Å²) in [5.74, 6) is 2.00. The van der Waals surface area contributed by atoms with Gasteiger partial charge in [0.1, 0.15) is 24.4 Å². The second-order valence-corrected chi connectivity index (χ2v) is 7.16. The van der Waals surface area contributed by atoms with Crippen molar-refractivity contribution in [3.63, 3.8) is 0 Å². The van der Waals surface area contributed by atoms with E-state index in [-0.39, 0.29) is 12.6 Å². The molecule has 0 saturated carbocycles. The second-order valence-electron chi connectivity index (χ2n) is 6.16. The molecule has 0 aliphatic heterocycles. The number of nitrogens with one attached hydrogen (secondary N) is 1. The molecule has 0 atom stereocenters. The lowest BCUT2D eigenvalue weighted by atomic mass is 10.3. The van der Waals surface area contributed by atoms with Gasteiger partial charge in [-0.25, -0.2) is 24.7 Å². The number of anilines is 1. The van der Waals surface area contributed by atoms with Gasteiger partial charge in [0.05, 0.1) is 23.4 Å². The zero-order chi connectivity index (χ0) is 20.9. The highest BCUT2D eigenvalue weighted by molar-refractivity contribution is 7.19. The van der Waals surface area contributed by atoms with Gasteiger partial charge in [-0.1, -0.05) is 11.3 Å². The quantitative estimate of drug-likeness (QED) is 0.504. The van der Waals surface area contributed by atoms with E-state index in [4.69, 9.17) is 9.47 Å². The van der Waals surface area contributed by atoms with Crippen LogP contribution in [0.2, 0.25) is 0 Å². The van der Waals surface area contributed by atoms with Gasteiger partial charge in [-0.3, -0.25) is 9.88 Å². The van der Waals surface area contributed by atoms with Crippen LogP contribution in [0.4, 0.5) is 9.93 Å². The maximum Gasteiger partial charge on any atom is 0.333 e. The minimum absolute atomic E-state index is 0.224. The molecule has 152 valence electrons. The number of carbonyl (C=O) groups is 1. The number of rotatable bonds is 6. The summed E-state index contributed by atoms with van der Waals surface area (Å²) in [4.78, 5) is 30.2. The van der Waals surface area contributed by atoms with Crippen molar-refractivity contribution in [2.24, 2.45) is 0 Å². The molecule has 0 bridgehead atoms. The maximum absolute atomic E-state index is 12.2. The number of thiazole rings is 1. The van der Waals surface area contributed by atoms with E-state index in [0.717, 1.165) is 22.0 Å². The summed E-state index contributed by atoms with van der Waals surface area (Å²) in [7, 11) is 1.62. The van der Waals surface area contributed by atoms with Crippen molar-refractivity contribution in [2.75, 3.05) is 12.4 Å². The Kier molecular flexibility index (Phi) is 5.66. The molecule has 30 heavy (non-hydrogen) atoms. The summed E-state index contributed by atoms with van der Waals surface area (Å²) in [6.07, 6.45) is 6.21. The average molecular weight is 422 g/mol. The standard InChI is InChI=1S/C20H18N6O3S/c1-13-18(30-19(23-13)25-20(27)26-10-9-21-12-26)16-7-8-22-17(24-16)11-29-15-5-3-14(28-2)4-6-15/h3-10,12H,11H2,1-2H3,(H,23,25,27). The Morgan fingerprint density at radius 3 is 2.67 bits per heavy atom. The molecule has 0 radical (unpaired) electrons. The summed E-state index contributed by atoms with van der Waals surface area (Å²) in [6.45, 7) is 2.09. The first-order valence-corrected chi connectivity index (χ1v) is 9.80. The van der Waals surface area contributed by atoms with Gasteiger partial charge in [-0.05, 0) is 37.3 Å². The lowest BCUT2D eigenvalue weighted by Gasteiger charge is -2.07. The molecular formula is C20H18N6O3S. The van der Waals surface area contributed by atoms with Gasteiger partial charge in [-0.2, -0.15) is 0 Å². The van der Waals surface area contributed by atoms with Gasteiger partial charge in [0.2, 0.25) is 0 Å². The number of nitrogens with zero attached hydrogens (tertiary/aromatic N) is 5. The van der Waals surface area contributed by atoms with Crippen LogP contribution in [0.5, 0.6) is 11.5 Å². The monoisotopic (exact) mass is 422 g/mol. The highest BCUT2D eigenvalue weighted by Gasteiger charge is 2.14. The van der Waals surface area contributed by atoms with Crippen molar-refractivity contribution in [3.8, 4) is 22.1 Å². The molecule has 4 rings (SSSR count). The fraction of sp³-hybridized carbons (Fsp3) is 0.150. The van der Waals surface area contributed by atoms with Crippen molar-refractivity contribution < 1.29 is 14.3 Å². The van der Waals surface area contributed by atoms with Crippen LogP contribution in [0.15, 0.2) is 55.2 Å². The molecule has 0 aliphatic carbocycles. The van der Waals surface area contributed by atoms with Crippen LogP contribution in [0, 0.1) is 6.92 Å². The molecule has 0 aliphatic rings. The number of hydrogen-bond acceptors (Lipinski definition) is 8. The van der Waals surface area contributed by atoms with E-state index in [2.05, 4.69) is 25.3 Å². The number of imidazole rings is 1. The highest BCUT2D eigenvalue weighted by atomic mass is 32.1. The van der Waals surface area contributed by atoms with Crippen LogP contribution in [-0.4, -0.2) is 37.6 Å².